The van der Waals surface area contributed by atoms with Crippen molar-refractivity contribution in [2.75, 3.05) is 13.2 Å². The average Bonchev–Trinajstić information content (AvgIpc) is 3.45. The van der Waals surface area contributed by atoms with E-state index in [0.29, 0.717) is 23.5 Å². The van der Waals surface area contributed by atoms with Crippen LogP contribution in [0.3, 0.4) is 0 Å². The molecule has 0 aliphatic carbocycles. The molecule has 6 nitrogen and oxygen atoms in total. The van der Waals surface area contributed by atoms with Gasteiger partial charge in [0.05, 0.1) is 18.2 Å². The van der Waals surface area contributed by atoms with Gasteiger partial charge in [-0.15, -0.1) is 11.3 Å². The number of carbonyl (C=O) groups excluding carboxylic acids is 2. The summed E-state index contributed by atoms with van der Waals surface area (Å²) >= 11 is 1.27. The van der Waals surface area contributed by atoms with E-state index in [1.807, 2.05) is 18.2 Å². The number of aromatic nitrogens is 1. The summed E-state index contributed by atoms with van der Waals surface area (Å²) in [5.74, 6) is -1.41. The van der Waals surface area contributed by atoms with E-state index in [1.54, 1.807) is 28.3 Å². The Morgan fingerprint density at radius 1 is 1.16 bits per heavy atom. The van der Waals surface area contributed by atoms with Crippen molar-refractivity contribution >= 4 is 23.2 Å². The van der Waals surface area contributed by atoms with E-state index in [2.05, 4.69) is 10.3 Å². The van der Waals surface area contributed by atoms with Gasteiger partial charge in [0.1, 0.15) is 5.82 Å². The topological polar surface area (TPSA) is 72.7 Å². The number of amides is 2. The zero-order valence-electron chi connectivity index (χ0n) is 16.8. The molecule has 1 fully saturated rings. The third-order valence-corrected chi connectivity index (χ3v) is 5.87. The summed E-state index contributed by atoms with van der Waals surface area (Å²) in [6, 6.07) is 13.1. The highest BCUT2D eigenvalue weighted by molar-refractivity contribution is 7.07. The molecule has 1 aromatic heterocycles. The van der Waals surface area contributed by atoms with E-state index in [4.69, 9.17) is 4.74 Å². The smallest absolute Gasteiger partial charge is 0.282 e. The zero-order chi connectivity index (χ0) is 21.6. The number of carbonyl (C=O) groups is 2. The van der Waals surface area contributed by atoms with Gasteiger partial charge >= 0.3 is 0 Å². The van der Waals surface area contributed by atoms with Crippen molar-refractivity contribution in [2.24, 2.45) is 4.99 Å². The van der Waals surface area contributed by atoms with E-state index in [9.17, 15) is 14.0 Å². The van der Waals surface area contributed by atoms with Gasteiger partial charge in [0.2, 0.25) is 0 Å². The summed E-state index contributed by atoms with van der Waals surface area (Å²) in [7, 11) is 0. The molecule has 4 rings (SSSR count). The van der Waals surface area contributed by atoms with Gasteiger partial charge in [-0.3, -0.25) is 9.59 Å². The maximum atomic E-state index is 13.9. The van der Waals surface area contributed by atoms with Crippen LogP contribution in [0.1, 0.15) is 39.1 Å². The third kappa shape index (κ3) is 5.15. The summed E-state index contributed by atoms with van der Waals surface area (Å²) in [4.78, 5) is 29.7. The van der Waals surface area contributed by atoms with E-state index >= 15 is 0 Å². The zero-order valence-corrected chi connectivity index (χ0v) is 17.6. The third-order valence-electron chi connectivity index (χ3n) is 5.08. The quantitative estimate of drug-likeness (QED) is 0.640. The highest BCUT2D eigenvalue weighted by atomic mass is 32.1. The summed E-state index contributed by atoms with van der Waals surface area (Å²) in [6.45, 7) is 1.58. The Morgan fingerprint density at radius 3 is 2.71 bits per heavy atom. The van der Waals surface area contributed by atoms with Crippen molar-refractivity contribution < 1.29 is 18.7 Å². The van der Waals surface area contributed by atoms with Gasteiger partial charge in [0, 0.05) is 30.3 Å². The molecule has 0 spiro atoms. The van der Waals surface area contributed by atoms with Crippen LogP contribution in [0.4, 0.5) is 4.39 Å². The average molecular weight is 440 g/mol. The fraction of sp³-hybridized carbons (Fsp3) is 0.261. The summed E-state index contributed by atoms with van der Waals surface area (Å²) in [5, 5.41) is 4.74. The molecule has 0 bridgehead atoms. The molecule has 8 heteroatoms. The maximum Gasteiger partial charge on any atom is 0.282 e. The second kappa shape index (κ2) is 9.80. The first-order valence-electron chi connectivity index (χ1n) is 10.1. The fourth-order valence-corrected chi connectivity index (χ4v) is 4.19. The van der Waals surface area contributed by atoms with Gasteiger partial charge in [0.15, 0.2) is 4.80 Å². The fourth-order valence-electron chi connectivity index (χ4n) is 3.46. The molecule has 2 amide bonds. The van der Waals surface area contributed by atoms with Crippen LogP contribution < -0.4 is 10.1 Å². The molecule has 31 heavy (non-hydrogen) atoms. The van der Waals surface area contributed by atoms with Crippen molar-refractivity contribution in [1.29, 1.82) is 0 Å². The minimum absolute atomic E-state index is 0.0668. The Hall–Kier alpha value is -3.10. The molecule has 1 N–H and O–H groups in total. The summed E-state index contributed by atoms with van der Waals surface area (Å²) < 4.78 is 21.2. The van der Waals surface area contributed by atoms with Gasteiger partial charge in [-0.05, 0) is 36.6 Å². The number of hydrogen-bond acceptors (Lipinski definition) is 4. The van der Waals surface area contributed by atoms with Gasteiger partial charge < -0.3 is 14.6 Å². The normalized spacial score (nSPS) is 16.4. The molecule has 2 aromatic carbocycles. The van der Waals surface area contributed by atoms with Crippen LogP contribution in [0.5, 0.6) is 0 Å². The molecule has 160 valence electrons. The van der Waals surface area contributed by atoms with Crippen LogP contribution in [0.15, 0.2) is 65.1 Å². The molecule has 1 aliphatic rings. The first-order valence-corrected chi connectivity index (χ1v) is 10.9. The number of hydrogen-bond donors (Lipinski definition) is 1. The summed E-state index contributed by atoms with van der Waals surface area (Å²) in [5.41, 5.74) is 1.28. The minimum Gasteiger partial charge on any atom is -0.376 e. The van der Waals surface area contributed by atoms with Crippen LogP contribution in [0, 0.1) is 5.82 Å². The standard InChI is InChI=1S/C23H22FN3O3S/c24-20-10-4-3-9-19(20)22(29)26-23-27(11-13-31-23)15-16-6-1-2-8-18(16)21(28)25-14-17-7-5-12-30-17/h1-4,6,8-11,13,17H,5,7,12,14-15H2,(H,25,28)/t17-/m0/s1. The van der Waals surface area contributed by atoms with E-state index in [-0.39, 0.29) is 17.6 Å². The van der Waals surface area contributed by atoms with Gasteiger partial charge in [-0.2, -0.15) is 4.99 Å². The van der Waals surface area contributed by atoms with Crippen LogP contribution in [-0.2, 0) is 11.3 Å². The Bertz CT molecular complexity index is 1150. The lowest BCUT2D eigenvalue weighted by Crippen LogP contribution is -2.32. The second-order valence-electron chi connectivity index (χ2n) is 7.21. The molecule has 0 radical (unpaired) electrons. The number of thiazole rings is 1. The number of ether oxygens (including phenoxy) is 1. The molecule has 3 aromatic rings. The van der Waals surface area contributed by atoms with Crippen molar-refractivity contribution in [1.82, 2.24) is 9.88 Å². The first-order chi connectivity index (χ1) is 15.1. The van der Waals surface area contributed by atoms with Crippen molar-refractivity contribution in [3.8, 4) is 0 Å². The molecule has 0 unspecified atom stereocenters. The maximum absolute atomic E-state index is 13.9. The predicted molar refractivity (Wildman–Crippen MR) is 115 cm³/mol. The van der Waals surface area contributed by atoms with E-state index in [1.165, 1.54) is 29.5 Å². The van der Waals surface area contributed by atoms with Crippen molar-refractivity contribution in [3.63, 3.8) is 0 Å². The first kappa shape index (κ1) is 21.1. The highest BCUT2D eigenvalue weighted by Crippen LogP contribution is 2.14. The highest BCUT2D eigenvalue weighted by Gasteiger charge is 2.18. The number of halogens is 1. The largest absolute Gasteiger partial charge is 0.376 e. The van der Waals surface area contributed by atoms with Crippen LogP contribution in [0.2, 0.25) is 0 Å². The minimum atomic E-state index is -0.642. The molecular formula is C23H22FN3O3S. The molecule has 1 saturated heterocycles. The van der Waals surface area contributed by atoms with Crippen LogP contribution >= 0.6 is 11.3 Å². The lowest BCUT2D eigenvalue weighted by molar-refractivity contribution is 0.0856. The van der Waals surface area contributed by atoms with E-state index in [0.717, 1.165) is 25.0 Å². The Labute approximate surface area is 183 Å². The Morgan fingerprint density at radius 2 is 1.94 bits per heavy atom. The van der Waals surface area contributed by atoms with Crippen LogP contribution in [0.25, 0.3) is 0 Å². The molecule has 2 heterocycles. The van der Waals surface area contributed by atoms with Crippen molar-refractivity contribution in [3.05, 3.63) is 87.4 Å². The number of nitrogens with zero attached hydrogens (tertiary/aromatic N) is 2. The second-order valence-corrected chi connectivity index (χ2v) is 8.09. The summed E-state index contributed by atoms with van der Waals surface area (Å²) in [6.07, 6.45) is 3.83. The van der Waals surface area contributed by atoms with Crippen LogP contribution in [-0.4, -0.2) is 35.6 Å². The molecular weight excluding hydrogens is 417 g/mol. The SMILES string of the molecule is O=C(N=c1sccn1Cc1ccccc1C(=O)NC[C@@H]1CCCO1)c1ccccc1F. The van der Waals surface area contributed by atoms with Gasteiger partial charge in [0.25, 0.3) is 11.8 Å². The van der Waals surface area contributed by atoms with E-state index < -0.39 is 11.7 Å². The lowest BCUT2D eigenvalue weighted by Gasteiger charge is -2.13. The lowest BCUT2D eigenvalue weighted by atomic mass is 10.1. The molecule has 0 saturated carbocycles. The Balaban J connectivity index is 1.53. The Kier molecular flexibility index (Phi) is 6.69. The predicted octanol–water partition coefficient (Wildman–Crippen LogP) is 3.39. The number of rotatable bonds is 6. The molecule has 1 aliphatic heterocycles. The van der Waals surface area contributed by atoms with Crippen molar-refractivity contribution in [2.45, 2.75) is 25.5 Å². The number of benzene rings is 2. The number of nitrogens with one attached hydrogen (secondary N) is 1. The van der Waals surface area contributed by atoms with Gasteiger partial charge in [-0.25, -0.2) is 4.39 Å². The van der Waals surface area contributed by atoms with Gasteiger partial charge in [-0.1, -0.05) is 30.3 Å². The molecule has 1 atom stereocenters. The monoisotopic (exact) mass is 439 g/mol.